The third-order valence-electron chi connectivity index (χ3n) is 9.34. The molecular weight excluding hydrogens is 460 g/mol. The van der Waals surface area contributed by atoms with E-state index in [1.54, 1.807) is 0 Å². The van der Waals surface area contributed by atoms with Crippen molar-refractivity contribution in [2.45, 2.75) is 65.0 Å². The SMILES string of the molecule is CC1(C)CCC[C@]2(C)[C@H]3CS(=O)(=O)C4C=C(OCC(=O)O)C=C(OCC(=O)O)C4[C@]3(C)CC[C@@H]12. The second kappa shape index (κ2) is 8.28. The van der Waals surface area contributed by atoms with Gasteiger partial charge in [0.25, 0.3) is 0 Å². The van der Waals surface area contributed by atoms with Crippen LogP contribution in [0.15, 0.2) is 23.7 Å². The highest BCUT2D eigenvalue weighted by Gasteiger charge is 2.66. The summed E-state index contributed by atoms with van der Waals surface area (Å²) in [7, 11) is -3.63. The van der Waals surface area contributed by atoms with Crippen LogP contribution in [-0.2, 0) is 28.9 Å². The van der Waals surface area contributed by atoms with Crippen molar-refractivity contribution in [1.29, 1.82) is 0 Å². The molecule has 2 N–H and O–H groups in total. The number of carboxylic acids is 2. The monoisotopic (exact) mass is 496 g/mol. The average Bonchev–Trinajstić information content (AvgIpc) is 2.71. The van der Waals surface area contributed by atoms with Crippen molar-refractivity contribution in [3.63, 3.8) is 0 Å². The standard InChI is InChI=1S/C25H36O8S/c1-23(2)7-5-8-24(3)18(23)6-9-25(4)19(24)14-34(30,31)17-11-15(32-12-20(26)27)10-16(22(17)25)33-13-21(28)29/h10-11,17-19,22H,5-9,12-14H2,1-4H3,(H,26,27)(H,28,29)/t17?,18-,19+,22?,24-,25+/m0/s1. The first-order chi connectivity index (χ1) is 15.7. The summed E-state index contributed by atoms with van der Waals surface area (Å²) in [6, 6.07) is 0. The van der Waals surface area contributed by atoms with Gasteiger partial charge in [0, 0.05) is 12.0 Å². The van der Waals surface area contributed by atoms with E-state index in [1.807, 2.05) is 0 Å². The van der Waals surface area contributed by atoms with Crippen molar-refractivity contribution in [1.82, 2.24) is 0 Å². The molecule has 1 heterocycles. The lowest BCUT2D eigenvalue weighted by atomic mass is 9.41. The Morgan fingerprint density at radius 2 is 1.62 bits per heavy atom. The highest BCUT2D eigenvalue weighted by atomic mass is 32.2. The highest BCUT2D eigenvalue weighted by Crippen LogP contribution is 2.69. The van der Waals surface area contributed by atoms with Crippen molar-refractivity contribution in [2.24, 2.45) is 34.0 Å². The predicted octanol–water partition coefficient (Wildman–Crippen LogP) is 3.63. The van der Waals surface area contributed by atoms with Crippen molar-refractivity contribution >= 4 is 21.8 Å². The number of ether oxygens (including phenoxy) is 2. The summed E-state index contributed by atoms with van der Waals surface area (Å²) in [4.78, 5) is 22.3. The van der Waals surface area contributed by atoms with Gasteiger partial charge < -0.3 is 19.7 Å². The summed E-state index contributed by atoms with van der Waals surface area (Å²) < 4.78 is 38.5. The molecule has 2 saturated carbocycles. The molecule has 0 aromatic rings. The van der Waals surface area contributed by atoms with E-state index in [0.29, 0.717) is 5.92 Å². The highest BCUT2D eigenvalue weighted by molar-refractivity contribution is 7.92. The number of rotatable bonds is 6. The fourth-order valence-electron chi connectivity index (χ4n) is 8.00. The molecule has 0 spiro atoms. The third kappa shape index (κ3) is 4.03. The molecule has 6 atom stereocenters. The van der Waals surface area contributed by atoms with E-state index in [2.05, 4.69) is 27.7 Å². The van der Waals surface area contributed by atoms with Gasteiger partial charge in [-0.3, -0.25) is 0 Å². The number of hydrogen-bond acceptors (Lipinski definition) is 6. The predicted molar refractivity (Wildman–Crippen MR) is 124 cm³/mol. The number of sulfone groups is 1. The molecule has 1 aliphatic heterocycles. The Hall–Kier alpha value is -2.03. The van der Waals surface area contributed by atoms with Gasteiger partial charge in [0.1, 0.15) is 11.5 Å². The van der Waals surface area contributed by atoms with Gasteiger partial charge in [0.05, 0.1) is 11.0 Å². The van der Waals surface area contributed by atoms with Crippen LogP contribution in [0.5, 0.6) is 0 Å². The molecule has 8 nitrogen and oxygen atoms in total. The fourth-order valence-corrected chi connectivity index (χ4v) is 10.7. The molecule has 4 aliphatic rings. The Balaban J connectivity index is 1.79. The molecule has 1 saturated heterocycles. The molecule has 190 valence electrons. The van der Waals surface area contributed by atoms with Gasteiger partial charge in [-0.15, -0.1) is 0 Å². The minimum absolute atomic E-state index is 0.0582. The lowest BCUT2D eigenvalue weighted by Gasteiger charge is -2.66. The maximum Gasteiger partial charge on any atom is 0.341 e. The quantitative estimate of drug-likeness (QED) is 0.571. The molecule has 0 aromatic heterocycles. The van der Waals surface area contributed by atoms with Gasteiger partial charge in [0.2, 0.25) is 0 Å². The first-order valence-electron chi connectivity index (χ1n) is 12.0. The maximum absolute atomic E-state index is 13.7. The smallest absolute Gasteiger partial charge is 0.341 e. The van der Waals surface area contributed by atoms with Crippen LogP contribution in [0.1, 0.15) is 59.8 Å². The summed E-state index contributed by atoms with van der Waals surface area (Å²) in [6.07, 6.45) is 7.98. The Morgan fingerprint density at radius 3 is 2.26 bits per heavy atom. The fraction of sp³-hybridized carbons (Fsp3) is 0.760. The maximum atomic E-state index is 13.7. The molecule has 3 fully saturated rings. The lowest BCUT2D eigenvalue weighted by Crippen LogP contribution is -2.64. The van der Waals surface area contributed by atoms with Crippen LogP contribution in [0, 0.1) is 34.0 Å². The van der Waals surface area contributed by atoms with E-state index in [-0.39, 0.29) is 34.0 Å². The van der Waals surface area contributed by atoms with Crippen molar-refractivity contribution in [2.75, 3.05) is 19.0 Å². The molecule has 34 heavy (non-hydrogen) atoms. The molecule has 0 amide bonds. The average molecular weight is 497 g/mol. The Bertz CT molecular complexity index is 1040. The zero-order chi connectivity index (χ0) is 25.1. The van der Waals surface area contributed by atoms with E-state index >= 15 is 0 Å². The van der Waals surface area contributed by atoms with E-state index in [0.717, 1.165) is 32.1 Å². The summed E-state index contributed by atoms with van der Waals surface area (Å²) in [6.45, 7) is 7.78. The van der Waals surface area contributed by atoms with E-state index in [9.17, 15) is 23.1 Å². The largest absolute Gasteiger partial charge is 0.486 e. The number of hydrogen-bond donors (Lipinski definition) is 2. The summed E-state index contributed by atoms with van der Waals surface area (Å²) in [5.74, 6) is -2.15. The van der Waals surface area contributed by atoms with E-state index < -0.39 is 51.6 Å². The van der Waals surface area contributed by atoms with Crippen molar-refractivity contribution < 1.29 is 37.7 Å². The van der Waals surface area contributed by atoms with Gasteiger partial charge in [-0.05, 0) is 59.8 Å². The minimum atomic E-state index is -3.63. The molecule has 4 rings (SSSR count). The Labute approximate surface area is 201 Å². The zero-order valence-corrected chi connectivity index (χ0v) is 21.2. The van der Waals surface area contributed by atoms with Crippen molar-refractivity contribution in [3.05, 3.63) is 23.7 Å². The number of allylic oxidation sites excluding steroid dienone is 2. The van der Waals surface area contributed by atoms with Crippen LogP contribution < -0.4 is 0 Å². The topological polar surface area (TPSA) is 127 Å². The second-order valence-electron chi connectivity index (χ2n) is 11.8. The number of carbonyl (C=O) groups is 2. The normalized spacial score (nSPS) is 39.9. The number of fused-ring (bicyclic) bond motifs is 5. The molecule has 9 heteroatoms. The summed E-state index contributed by atoms with van der Waals surface area (Å²) in [5, 5.41) is 17.3. The molecule has 2 unspecified atom stereocenters. The van der Waals surface area contributed by atoms with Crippen LogP contribution in [-0.4, -0.2) is 54.8 Å². The first kappa shape index (κ1) is 25.1. The number of aliphatic carboxylic acids is 2. The van der Waals surface area contributed by atoms with Gasteiger partial charge in [-0.1, -0.05) is 34.1 Å². The Kier molecular flexibility index (Phi) is 6.10. The summed E-state index contributed by atoms with van der Waals surface area (Å²) in [5.41, 5.74) is -0.417. The third-order valence-corrected chi connectivity index (χ3v) is 11.4. The molecule has 0 aromatic carbocycles. The van der Waals surface area contributed by atoms with Crippen LogP contribution in [0.2, 0.25) is 0 Å². The second-order valence-corrected chi connectivity index (χ2v) is 14.0. The van der Waals surface area contributed by atoms with Gasteiger partial charge in [-0.25, -0.2) is 18.0 Å². The minimum Gasteiger partial charge on any atom is -0.486 e. The molecule has 0 bridgehead atoms. The molecule has 3 aliphatic carbocycles. The van der Waals surface area contributed by atoms with Crippen LogP contribution in [0.4, 0.5) is 0 Å². The zero-order valence-electron chi connectivity index (χ0n) is 20.4. The van der Waals surface area contributed by atoms with Crippen LogP contribution in [0.3, 0.4) is 0 Å². The van der Waals surface area contributed by atoms with Crippen LogP contribution in [0.25, 0.3) is 0 Å². The first-order valence-corrected chi connectivity index (χ1v) is 13.8. The molecular formula is C25H36O8S. The summed E-state index contributed by atoms with van der Waals surface area (Å²) >= 11 is 0. The van der Waals surface area contributed by atoms with Gasteiger partial charge in [0.15, 0.2) is 23.1 Å². The Morgan fingerprint density at radius 1 is 0.971 bits per heavy atom. The number of carboxylic acid groups (broad SMARTS) is 2. The van der Waals surface area contributed by atoms with Crippen LogP contribution >= 0.6 is 0 Å². The van der Waals surface area contributed by atoms with Gasteiger partial charge >= 0.3 is 11.9 Å². The van der Waals surface area contributed by atoms with E-state index in [1.165, 1.54) is 12.2 Å². The molecule has 0 radical (unpaired) electrons. The lowest BCUT2D eigenvalue weighted by molar-refractivity contribution is -0.148. The van der Waals surface area contributed by atoms with Crippen molar-refractivity contribution in [3.8, 4) is 0 Å². The van der Waals surface area contributed by atoms with Gasteiger partial charge in [-0.2, -0.15) is 0 Å². The van der Waals surface area contributed by atoms with E-state index in [4.69, 9.17) is 14.6 Å².